The van der Waals surface area contributed by atoms with Gasteiger partial charge < -0.3 is 10.1 Å². The molecule has 1 amide bonds. The Morgan fingerprint density at radius 2 is 1.81 bits per heavy atom. The van der Waals surface area contributed by atoms with Gasteiger partial charge in [-0.15, -0.1) is 0 Å². The van der Waals surface area contributed by atoms with Crippen LogP contribution in [0.1, 0.15) is 16.7 Å². The van der Waals surface area contributed by atoms with Crippen LogP contribution in [-0.4, -0.2) is 5.91 Å². The van der Waals surface area contributed by atoms with Crippen molar-refractivity contribution in [2.45, 2.75) is 13.5 Å². The minimum atomic E-state index is -0.513. The van der Waals surface area contributed by atoms with Crippen LogP contribution in [0.5, 0.6) is 5.75 Å². The zero-order valence-electron chi connectivity index (χ0n) is 16.8. The van der Waals surface area contributed by atoms with E-state index >= 15 is 0 Å². The van der Waals surface area contributed by atoms with Crippen LogP contribution in [0.4, 0.5) is 5.69 Å². The Balaban J connectivity index is 1.77. The number of ether oxygens (including phenoxy) is 1. The first kappa shape index (κ1) is 24.2. The van der Waals surface area contributed by atoms with Gasteiger partial charge in [0.2, 0.25) is 0 Å². The number of hydrogen-bond donors (Lipinski definition) is 1. The number of carbonyl (C=O) groups is 1. The molecule has 0 bridgehead atoms. The van der Waals surface area contributed by atoms with Gasteiger partial charge in [-0.05, 0) is 70.9 Å². The molecule has 1 N–H and O–H groups in total. The Morgan fingerprint density at radius 1 is 1.09 bits per heavy atom. The molecular weight excluding hydrogens is 535 g/mol. The summed E-state index contributed by atoms with van der Waals surface area (Å²) >= 11 is 21.9. The van der Waals surface area contributed by atoms with Gasteiger partial charge in [-0.25, -0.2) is 0 Å². The summed E-state index contributed by atoms with van der Waals surface area (Å²) in [7, 11) is 0. The number of benzene rings is 3. The molecule has 0 aliphatic carbocycles. The normalized spacial score (nSPS) is 11.1. The summed E-state index contributed by atoms with van der Waals surface area (Å²) in [6.45, 7) is 2.14. The van der Waals surface area contributed by atoms with Gasteiger partial charge in [0.15, 0.2) is 5.75 Å². The third-order valence-corrected chi connectivity index (χ3v) is 5.85. The molecule has 4 nitrogen and oxygen atoms in total. The van der Waals surface area contributed by atoms with E-state index in [1.165, 1.54) is 6.08 Å². The first-order valence-electron chi connectivity index (χ1n) is 9.32. The van der Waals surface area contributed by atoms with Gasteiger partial charge in [0.1, 0.15) is 18.2 Å². The lowest BCUT2D eigenvalue weighted by molar-refractivity contribution is -0.112. The molecule has 0 atom stereocenters. The number of nitrogens with one attached hydrogen (secondary N) is 1. The van der Waals surface area contributed by atoms with Crippen molar-refractivity contribution < 1.29 is 9.53 Å². The largest absolute Gasteiger partial charge is 0.486 e. The molecule has 0 fully saturated rings. The highest BCUT2D eigenvalue weighted by Crippen LogP contribution is 2.36. The quantitative estimate of drug-likeness (QED) is 0.251. The summed E-state index contributed by atoms with van der Waals surface area (Å²) < 4.78 is 6.39. The molecule has 8 heteroatoms. The third kappa shape index (κ3) is 6.27. The number of amides is 1. The van der Waals surface area contributed by atoms with Crippen LogP contribution in [-0.2, 0) is 11.4 Å². The summed E-state index contributed by atoms with van der Waals surface area (Å²) in [5, 5.41) is 13.5. The summed E-state index contributed by atoms with van der Waals surface area (Å²) in [5.41, 5.74) is 2.93. The number of halogens is 4. The lowest BCUT2D eigenvalue weighted by Crippen LogP contribution is -2.13. The Morgan fingerprint density at radius 3 is 2.44 bits per heavy atom. The smallest absolute Gasteiger partial charge is 0.266 e. The predicted molar refractivity (Wildman–Crippen MR) is 133 cm³/mol. The zero-order chi connectivity index (χ0) is 23.3. The maximum Gasteiger partial charge on any atom is 0.266 e. The van der Waals surface area contributed by atoms with Crippen molar-refractivity contribution in [3.05, 3.63) is 96.4 Å². The standard InChI is InChI=1S/C24H16BrCl3N2O2/c1-14-2-6-19(7-3-14)30-24(31)17(12-29)8-15-9-20(25)23(22(28)10-15)32-13-16-4-5-18(26)11-21(16)27/h2-11H,13H2,1H3,(H,30,31)/b17-8-. The minimum absolute atomic E-state index is 0.0600. The molecule has 0 aliphatic heterocycles. The topological polar surface area (TPSA) is 62.1 Å². The minimum Gasteiger partial charge on any atom is -0.486 e. The number of anilines is 1. The highest BCUT2D eigenvalue weighted by atomic mass is 79.9. The van der Waals surface area contributed by atoms with Crippen LogP contribution in [0.3, 0.4) is 0 Å². The van der Waals surface area contributed by atoms with E-state index in [9.17, 15) is 10.1 Å². The number of nitrogens with zero attached hydrogens (tertiary/aromatic N) is 1. The second-order valence-corrected chi connectivity index (χ2v) is 8.93. The van der Waals surface area contributed by atoms with Crippen LogP contribution in [0.25, 0.3) is 6.08 Å². The molecular formula is C24H16BrCl3N2O2. The Bertz CT molecular complexity index is 1210. The van der Waals surface area contributed by atoms with Gasteiger partial charge in [0.05, 0.1) is 9.50 Å². The molecule has 32 heavy (non-hydrogen) atoms. The van der Waals surface area contributed by atoms with Gasteiger partial charge in [0.25, 0.3) is 5.91 Å². The summed E-state index contributed by atoms with van der Waals surface area (Å²) in [4.78, 5) is 12.5. The lowest BCUT2D eigenvalue weighted by atomic mass is 10.1. The van der Waals surface area contributed by atoms with E-state index in [0.717, 1.165) is 11.1 Å². The van der Waals surface area contributed by atoms with Gasteiger partial charge in [-0.2, -0.15) is 5.26 Å². The molecule has 0 saturated carbocycles. The molecule has 162 valence electrons. The van der Waals surface area contributed by atoms with Crippen LogP contribution in [0.15, 0.2) is 64.6 Å². The number of carbonyl (C=O) groups excluding carboxylic acids is 1. The molecule has 0 unspecified atom stereocenters. The van der Waals surface area contributed by atoms with Crippen molar-refractivity contribution in [3.63, 3.8) is 0 Å². The van der Waals surface area contributed by atoms with E-state index in [-0.39, 0.29) is 12.2 Å². The molecule has 3 aromatic rings. The van der Waals surface area contributed by atoms with Crippen LogP contribution in [0, 0.1) is 18.3 Å². The maximum absolute atomic E-state index is 12.5. The van der Waals surface area contributed by atoms with Crippen molar-refractivity contribution in [2.75, 3.05) is 5.32 Å². The average Bonchev–Trinajstić information content (AvgIpc) is 2.74. The third-order valence-electron chi connectivity index (χ3n) is 4.39. The highest BCUT2D eigenvalue weighted by Gasteiger charge is 2.13. The van der Waals surface area contributed by atoms with Gasteiger partial charge in [0, 0.05) is 21.3 Å². The fourth-order valence-electron chi connectivity index (χ4n) is 2.74. The highest BCUT2D eigenvalue weighted by molar-refractivity contribution is 9.10. The zero-order valence-corrected chi connectivity index (χ0v) is 20.6. The van der Waals surface area contributed by atoms with Gasteiger partial charge in [-0.3, -0.25) is 4.79 Å². The average molecular weight is 551 g/mol. The summed E-state index contributed by atoms with van der Waals surface area (Å²) in [6, 6.07) is 17.7. The second-order valence-electron chi connectivity index (χ2n) is 6.83. The first-order chi connectivity index (χ1) is 15.3. The number of hydrogen-bond acceptors (Lipinski definition) is 3. The Kier molecular flexibility index (Phi) is 8.22. The van der Waals surface area contributed by atoms with Gasteiger partial charge in [-0.1, -0.05) is 58.6 Å². The molecule has 3 aromatic carbocycles. The Hall–Kier alpha value is -2.49. The second kappa shape index (κ2) is 10.9. The van der Waals surface area contributed by atoms with Crippen molar-refractivity contribution >= 4 is 68.4 Å². The number of aryl methyl sites for hydroxylation is 1. The van der Waals surface area contributed by atoms with E-state index in [0.29, 0.717) is 36.5 Å². The van der Waals surface area contributed by atoms with Crippen molar-refractivity contribution in [2.24, 2.45) is 0 Å². The molecule has 0 aromatic heterocycles. The molecule has 0 radical (unpaired) electrons. The number of rotatable bonds is 6. The van der Waals surface area contributed by atoms with E-state index in [2.05, 4.69) is 21.2 Å². The fraction of sp³-hybridized carbons (Fsp3) is 0.0833. The predicted octanol–water partition coefficient (Wildman–Crippen LogP) is 7.84. The van der Waals surface area contributed by atoms with E-state index in [4.69, 9.17) is 39.5 Å². The summed E-state index contributed by atoms with van der Waals surface area (Å²) in [6.07, 6.45) is 1.46. The molecule has 0 heterocycles. The van der Waals surface area contributed by atoms with E-state index in [1.54, 1.807) is 42.5 Å². The fourth-order valence-corrected chi connectivity index (χ4v) is 4.19. The van der Waals surface area contributed by atoms with Crippen molar-refractivity contribution in [1.82, 2.24) is 0 Å². The maximum atomic E-state index is 12.5. The van der Waals surface area contributed by atoms with Crippen molar-refractivity contribution in [1.29, 1.82) is 5.26 Å². The molecule has 0 saturated heterocycles. The van der Waals surface area contributed by atoms with Crippen LogP contribution in [0.2, 0.25) is 15.1 Å². The lowest BCUT2D eigenvalue weighted by Gasteiger charge is -2.12. The van der Waals surface area contributed by atoms with Crippen LogP contribution >= 0.6 is 50.7 Å². The molecule has 0 spiro atoms. The number of nitriles is 1. The van der Waals surface area contributed by atoms with E-state index < -0.39 is 5.91 Å². The molecule has 3 rings (SSSR count). The van der Waals surface area contributed by atoms with E-state index in [1.807, 2.05) is 25.1 Å². The SMILES string of the molecule is Cc1ccc(NC(=O)/C(C#N)=C\c2cc(Cl)c(OCc3ccc(Cl)cc3Cl)c(Br)c2)cc1. The monoisotopic (exact) mass is 548 g/mol. The molecule has 0 aliphatic rings. The van der Waals surface area contributed by atoms with Crippen LogP contribution < -0.4 is 10.1 Å². The van der Waals surface area contributed by atoms with Gasteiger partial charge >= 0.3 is 0 Å². The first-order valence-corrected chi connectivity index (χ1v) is 11.2. The summed E-state index contributed by atoms with van der Waals surface area (Å²) in [5.74, 6) is -0.0984. The van der Waals surface area contributed by atoms with Crippen molar-refractivity contribution in [3.8, 4) is 11.8 Å². The Labute approximate surface area is 209 Å².